The van der Waals surface area contributed by atoms with Gasteiger partial charge in [0, 0.05) is 47.9 Å². The van der Waals surface area contributed by atoms with Gasteiger partial charge in [0.05, 0.1) is 31.2 Å². The highest BCUT2D eigenvalue weighted by Crippen LogP contribution is 2.29. The van der Waals surface area contributed by atoms with Crippen molar-refractivity contribution in [2.75, 3.05) is 38.0 Å². The van der Waals surface area contributed by atoms with E-state index in [4.69, 9.17) is 11.5 Å². The van der Waals surface area contributed by atoms with Gasteiger partial charge >= 0.3 is 18.2 Å². The van der Waals surface area contributed by atoms with Crippen molar-refractivity contribution in [3.8, 4) is 11.3 Å². The number of likely N-dealkylation sites (tertiary alicyclic amines) is 1. The van der Waals surface area contributed by atoms with E-state index in [1.807, 2.05) is 0 Å². The Morgan fingerprint density at radius 2 is 1.95 bits per heavy atom. The number of hydrogen-bond acceptors (Lipinski definition) is 7. The highest BCUT2D eigenvalue weighted by Gasteiger charge is 2.44. The molecule has 15 heteroatoms. The molecule has 3 aromatic rings. The minimum absolute atomic E-state index is 0.105. The van der Waals surface area contributed by atoms with Crippen LogP contribution in [0.15, 0.2) is 53.9 Å². The zero-order valence-corrected chi connectivity index (χ0v) is 22.6. The molecule has 1 aromatic carbocycles. The number of nitrogens with two attached hydrogens (primary N) is 2. The zero-order chi connectivity index (χ0) is 29.9. The molecule has 7 N–H and O–H groups in total. The quantitative estimate of drug-likeness (QED) is 0.242. The van der Waals surface area contributed by atoms with Gasteiger partial charge in [-0.1, -0.05) is 12.1 Å². The van der Waals surface area contributed by atoms with Crippen LogP contribution in [0.5, 0.6) is 0 Å². The van der Waals surface area contributed by atoms with Gasteiger partial charge in [-0.25, -0.2) is 19.1 Å². The van der Waals surface area contributed by atoms with Crippen LogP contribution in [-0.2, 0) is 0 Å². The van der Waals surface area contributed by atoms with Crippen molar-refractivity contribution in [2.24, 2.45) is 22.4 Å². The Morgan fingerprint density at radius 1 is 1.17 bits per heavy atom. The number of nitrogens with one attached hydrogen (secondary N) is 3. The van der Waals surface area contributed by atoms with Crippen molar-refractivity contribution in [3.63, 3.8) is 0 Å². The molecule has 2 aliphatic rings. The second-order valence-corrected chi connectivity index (χ2v) is 10.5. The summed E-state index contributed by atoms with van der Waals surface area (Å²) in [6.45, 7) is 0.349. The van der Waals surface area contributed by atoms with Crippen molar-refractivity contribution in [1.29, 1.82) is 0 Å². The number of aromatic nitrogens is 3. The molecule has 1 aliphatic carbocycles. The number of amides is 4. The van der Waals surface area contributed by atoms with Crippen LogP contribution in [0.2, 0.25) is 0 Å². The lowest BCUT2D eigenvalue weighted by atomic mass is 9.91. The second-order valence-electron chi connectivity index (χ2n) is 10.5. The second kappa shape index (κ2) is 11.7. The first kappa shape index (κ1) is 28.9. The van der Waals surface area contributed by atoms with E-state index in [0.29, 0.717) is 59.3 Å². The minimum Gasteiger partial charge on any atom is -0.404 e. The number of fused-ring (bicyclic) bond motifs is 1. The molecule has 0 spiro atoms. The van der Waals surface area contributed by atoms with Crippen LogP contribution >= 0.6 is 0 Å². The first-order chi connectivity index (χ1) is 20.1. The molecule has 1 saturated heterocycles. The lowest BCUT2D eigenvalue weighted by Crippen LogP contribution is -2.67. The van der Waals surface area contributed by atoms with Gasteiger partial charge in [-0.3, -0.25) is 4.99 Å². The van der Waals surface area contributed by atoms with E-state index in [2.05, 4.69) is 25.7 Å². The predicted molar refractivity (Wildman–Crippen MR) is 152 cm³/mol. The normalized spacial score (nSPS) is 16.9. The maximum Gasteiger partial charge on any atom is 0.405 e. The van der Waals surface area contributed by atoms with E-state index in [1.54, 1.807) is 63.7 Å². The molecule has 0 bridgehead atoms. The largest absolute Gasteiger partial charge is 0.405 e. The highest BCUT2D eigenvalue weighted by molar-refractivity contribution is 6.10. The van der Waals surface area contributed by atoms with Crippen molar-refractivity contribution in [2.45, 2.75) is 24.6 Å². The number of halogens is 3. The Balaban J connectivity index is 1.25. The number of rotatable bonds is 9. The van der Waals surface area contributed by atoms with Crippen molar-refractivity contribution < 1.29 is 22.8 Å². The SMILES string of the molecule is NC=C(C=NC1(CN)CN(C(=O)NCC2CC2)C1)c1cnn2c(-c3cccc(NC(=O)NCC(F)(F)F)c3)cnc2c1. The number of urea groups is 2. The summed E-state index contributed by atoms with van der Waals surface area (Å²) in [5.41, 5.74) is 14.6. The molecule has 1 saturated carbocycles. The standard InChI is InChI=1S/C27H31F3N10O2/c28-27(29,30)14-35-24(41)38-21-3-1-2-18(6-21)22-12-33-23-7-19(11-37-40(22)23)20(8-31)10-36-26(13-32)15-39(16-26)25(42)34-9-17-4-5-17/h1-3,6-8,10-12,17H,4-5,9,13-16,31-32H2,(H,34,42)(H2,35,38,41). The summed E-state index contributed by atoms with van der Waals surface area (Å²) in [7, 11) is 0. The predicted octanol–water partition coefficient (Wildman–Crippen LogP) is 2.58. The first-order valence-corrected chi connectivity index (χ1v) is 13.3. The van der Waals surface area contributed by atoms with Gasteiger partial charge < -0.3 is 32.3 Å². The van der Waals surface area contributed by atoms with Crippen LogP contribution in [0.1, 0.15) is 18.4 Å². The van der Waals surface area contributed by atoms with Crippen molar-refractivity contribution >= 4 is 35.2 Å². The third-order valence-corrected chi connectivity index (χ3v) is 7.09. The fourth-order valence-electron chi connectivity index (χ4n) is 4.50. The number of imidazole rings is 1. The molecule has 3 heterocycles. The molecule has 5 rings (SSSR count). The average Bonchev–Trinajstić information content (AvgIpc) is 3.68. The Labute approximate surface area is 239 Å². The van der Waals surface area contributed by atoms with Gasteiger partial charge in [0.15, 0.2) is 5.65 Å². The topological polar surface area (TPSA) is 168 Å². The summed E-state index contributed by atoms with van der Waals surface area (Å²) in [6, 6.07) is 7.27. The highest BCUT2D eigenvalue weighted by atomic mass is 19.4. The Bertz CT molecular complexity index is 1520. The number of benzene rings is 1. The van der Waals surface area contributed by atoms with Gasteiger partial charge in [-0.05, 0) is 37.0 Å². The molecular formula is C27H31F3N10O2. The third-order valence-electron chi connectivity index (χ3n) is 7.09. The number of alkyl halides is 3. The van der Waals surface area contributed by atoms with Crippen molar-refractivity contribution in [3.05, 3.63) is 54.5 Å². The van der Waals surface area contributed by atoms with E-state index >= 15 is 0 Å². The van der Waals surface area contributed by atoms with E-state index in [9.17, 15) is 22.8 Å². The van der Waals surface area contributed by atoms with Gasteiger partial charge in [0.1, 0.15) is 12.1 Å². The molecule has 4 amide bonds. The smallest absolute Gasteiger partial charge is 0.404 e. The summed E-state index contributed by atoms with van der Waals surface area (Å²) in [5.74, 6) is 0.594. The van der Waals surface area contributed by atoms with E-state index < -0.39 is 24.3 Å². The molecule has 12 nitrogen and oxygen atoms in total. The maximum atomic E-state index is 12.4. The number of carbonyl (C=O) groups excluding carboxylic acids is 2. The lowest BCUT2D eigenvalue weighted by molar-refractivity contribution is -0.122. The van der Waals surface area contributed by atoms with Crippen LogP contribution in [0.3, 0.4) is 0 Å². The Morgan fingerprint density at radius 3 is 2.64 bits per heavy atom. The number of nitrogens with zero attached hydrogens (tertiary/aromatic N) is 5. The van der Waals surface area contributed by atoms with Crippen LogP contribution in [0.4, 0.5) is 28.4 Å². The van der Waals surface area contributed by atoms with E-state index in [-0.39, 0.29) is 12.6 Å². The number of hydrogen-bond donors (Lipinski definition) is 5. The number of allylic oxidation sites excluding steroid dienone is 1. The Hall–Kier alpha value is -4.66. The summed E-state index contributed by atoms with van der Waals surface area (Å²) in [5, 5.41) is 11.6. The zero-order valence-electron chi connectivity index (χ0n) is 22.6. The van der Waals surface area contributed by atoms with Crippen LogP contribution in [0.25, 0.3) is 22.5 Å². The molecular weight excluding hydrogens is 553 g/mol. The van der Waals surface area contributed by atoms with Crippen LogP contribution in [0, 0.1) is 5.92 Å². The number of anilines is 1. The average molecular weight is 585 g/mol. The van der Waals surface area contributed by atoms with Crippen LogP contribution in [-0.4, -0.2) is 82.2 Å². The molecule has 0 atom stereocenters. The summed E-state index contributed by atoms with van der Waals surface area (Å²) < 4.78 is 38.7. The maximum absolute atomic E-state index is 12.4. The van der Waals surface area contributed by atoms with Gasteiger partial charge in [0.25, 0.3) is 0 Å². The monoisotopic (exact) mass is 584 g/mol. The summed E-state index contributed by atoms with van der Waals surface area (Å²) in [4.78, 5) is 35.0. The minimum atomic E-state index is -4.51. The van der Waals surface area contributed by atoms with Crippen molar-refractivity contribution in [1.82, 2.24) is 30.1 Å². The molecule has 2 fully saturated rings. The van der Waals surface area contributed by atoms with Gasteiger partial charge in [-0.2, -0.15) is 18.3 Å². The molecule has 42 heavy (non-hydrogen) atoms. The summed E-state index contributed by atoms with van der Waals surface area (Å²) >= 11 is 0. The fraction of sp³-hybridized carbons (Fsp3) is 0.370. The third kappa shape index (κ3) is 6.79. The summed E-state index contributed by atoms with van der Waals surface area (Å²) in [6.07, 6.45) is 4.04. The molecule has 2 aromatic heterocycles. The van der Waals surface area contributed by atoms with E-state index in [0.717, 1.165) is 12.8 Å². The molecule has 0 unspecified atom stereocenters. The first-order valence-electron chi connectivity index (χ1n) is 13.3. The fourth-order valence-corrected chi connectivity index (χ4v) is 4.50. The number of carbonyl (C=O) groups is 2. The lowest BCUT2D eigenvalue weighted by Gasteiger charge is -2.46. The van der Waals surface area contributed by atoms with E-state index in [1.165, 1.54) is 6.20 Å². The Kier molecular flexibility index (Phi) is 8.02. The van der Waals surface area contributed by atoms with Crippen LogP contribution < -0.4 is 27.4 Å². The van der Waals surface area contributed by atoms with Gasteiger partial charge in [-0.15, -0.1) is 0 Å². The molecule has 222 valence electrons. The number of aliphatic imine (C=N–C) groups is 1. The van der Waals surface area contributed by atoms with Gasteiger partial charge in [0.2, 0.25) is 0 Å². The molecule has 0 radical (unpaired) electrons. The molecule has 1 aliphatic heterocycles.